The molecule has 7 nitrogen and oxygen atoms in total. The lowest BCUT2D eigenvalue weighted by atomic mass is 10.1. The molecule has 2 aromatic heterocycles. The minimum atomic E-state index is 0.488. The minimum Gasteiger partial charge on any atom is -0.493 e. The van der Waals surface area contributed by atoms with Crippen molar-refractivity contribution >= 4 is 5.78 Å². The Labute approximate surface area is 155 Å². The van der Waals surface area contributed by atoms with Gasteiger partial charge >= 0.3 is 0 Å². The summed E-state index contributed by atoms with van der Waals surface area (Å²) in [6, 6.07) is 17.0. The summed E-state index contributed by atoms with van der Waals surface area (Å²) in [5, 5.41) is 13.3. The highest BCUT2D eigenvalue weighted by molar-refractivity contribution is 5.72. The summed E-state index contributed by atoms with van der Waals surface area (Å²) in [5.41, 5.74) is 3.94. The summed E-state index contributed by atoms with van der Waals surface area (Å²) < 4.78 is 12.4. The maximum absolute atomic E-state index is 9.01. The molecule has 0 fully saturated rings. The molecule has 0 radical (unpaired) electrons. The largest absolute Gasteiger partial charge is 0.493 e. The number of methoxy groups -OCH3 is 2. The monoisotopic (exact) mass is 357 g/mol. The van der Waals surface area contributed by atoms with Gasteiger partial charge in [0.1, 0.15) is 6.33 Å². The Kier molecular flexibility index (Phi) is 4.15. The highest BCUT2D eigenvalue weighted by atomic mass is 16.5. The summed E-state index contributed by atoms with van der Waals surface area (Å²) in [5.74, 6) is 1.76. The van der Waals surface area contributed by atoms with Gasteiger partial charge in [0.05, 0.1) is 37.2 Å². The molecule has 0 bridgehead atoms. The zero-order chi connectivity index (χ0) is 18.8. The van der Waals surface area contributed by atoms with Crippen LogP contribution in [-0.4, -0.2) is 33.8 Å². The first-order valence-corrected chi connectivity index (χ1v) is 8.17. The maximum Gasteiger partial charge on any atom is 0.253 e. The van der Waals surface area contributed by atoms with Gasteiger partial charge in [-0.1, -0.05) is 12.1 Å². The normalized spacial score (nSPS) is 10.6. The molecule has 27 heavy (non-hydrogen) atoms. The van der Waals surface area contributed by atoms with Gasteiger partial charge in [-0.3, -0.25) is 0 Å². The Bertz CT molecular complexity index is 1160. The van der Waals surface area contributed by atoms with Crippen LogP contribution in [0.2, 0.25) is 0 Å². The SMILES string of the molecule is COc1ccc(-c2cc(-c3ccc(C#N)cc3)n3ncnc3n2)cc1OC. The zero-order valence-electron chi connectivity index (χ0n) is 14.7. The second-order valence-corrected chi connectivity index (χ2v) is 5.76. The van der Waals surface area contributed by atoms with E-state index in [9.17, 15) is 0 Å². The number of aromatic nitrogens is 4. The van der Waals surface area contributed by atoms with E-state index >= 15 is 0 Å². The van der Waals surface area contributed by atoms with E-state index in [4.69, 9.17) is 14.7 Å². The quantitative estimate of drug-likeness (QED) is 0.557. The van der Waals surface area contributed by atoms with E-state index in [0.717, 1.165) is 22.5 Å². The molecular formula is C20H15N5O2. The van der Waals surface area contributed by atoms with Crippen LogP contribution in [0.5, 0.6) is 11.5 Å². The van der Waals surface area contributed by atoms with E-state index in [0.29, 0.717) is 22.8 Å². The molecule has 0 saturated heterocycles. The number of nitriles is 1. The molecule has 0 aliphatic carbocycles. The standard InChI is InChI=1S/C20H15N5O2/c1-26-18-8-7-15(9-19(18)27-2)16-10-17(25-20(24-16)22-12-23-25)14-5-3-13(11-21)4-6-14/h3-10,12H,1-2H3. The molecule has 0 spiro atoms. The Hall–Kier alpha value is -3.92. The fraction of sp³-hybridized carbons (Fsp3) is 0.100. The zero-order valence-corrected chi connectivity index (χ0v) is 14.7. The average Bonchev–Trinajstić information content (AvgIpc) is 3.21. The van der Waals surface area contributed by atoms with Crippen molar-refractivity contribution in [1.29, 1.82) is 5.26 Å². The van der Waals surface area contributed by atoms with Crippen LogP contribution in [0, 0.1) is 11.3 Å². The molecule has 0 unspecified atom stereocenters. The minimum absolute atomic E-state index is 0.488. The average molecular weight is 357 g/mol. The molecule has 132 valence electrons. The second-order valence-electron chi connectivity index (χ2n) is 5.76. The Morgan fingerprint density at radius 1 is 0.926 bits per heavy atom. The maximum atomic E-state index is 9.01. The highest BCUT2D eigenvalue weighted by Crippen LogP contribution is 2.33. The Balaban J connectivity index is 1.89. The fourth-order valence-corrected chi connectivity index (χ4v) is 2.88. The van der Waals surface area contributed by atoms with Crippen LogP contribution in [0.15, 0.2) is 54.9 Å². The van der Waals surface area contributed by atoms with Crippen molar-refractivity contribution < 1.29 is 9.47 Å². The molecule has 0 amide bonds. The van der Waals surface area contributed by atoms with Crippen molar-refractivity contribution in [2.24, 2.45) is 0 Å². The van der Waals surface area contributed by atoms with Gasteiger partial charge in [0, 0.05) is 11.1 Å². The van der Waals surface area contributed by atoms with Gasteiger partial charge in [-0.2, -0.15) is 19.9 Å². The molecule has 7 heteroatoms. The van der Waals surface area contributed by atoms with E-state index in [1.165, 1.54) is 6.33 Å². The van der Waals surface area contributed by atoms with Crippen molar-refractivity contribution in [3.05, 3.63) is 60.4 Å². The van der Waals surface area contributed by atoms with E-state index in [-0.39, 0.29) is 0 Å². The van der Waals surface area contributed by atoms with Crippen LogP contribution in [0.1, 0.15) is 5.56 Å². The van der Waals surface area contributed by atoms with Crippen LogP contribution in [-0.2, 0) is 0 Å². The third-order valence-electron chi connectivity index (χ3n) is 4.24. The summed E-state index contributed by atoms with van der Waals surface area (Å²) in [6.07, 6.45) is 1.47. The van der Waals surface area contributed by atoms with Crippen molar-refractivity contribution in [1.82, 2.24) is 19.6 Å². The predicted octanol–water partition coefficient (Wildman–Crippen LogP) is 3.35. The van der Waals surface area contributed by atoms with Gasteiger partial charge in [0.25, 0.3) is 5.78 Å². The lowest BCUT2D eigenvalue weighted by molar-refractivity contribution is 0.355. The number of hydrogen-bond acceptors (Lipinski definition) is 6. The first kappa shape index (κ1) is 16.5. The van der Waals surface area contributed by atoms with Crippen LogP contribution >= 0.6 is 0 Å². The summed E-state index contributed by atoms with van der Waals surface area (Å²) in [6.45, 7) is 0. The van der Waals surface area contributed by atoms with E-state index in [2.05, 4.69) is 21.1 Å². The molecule has 0 atom stereocenters. The second kappa shape index (κ2) is 6.77. The van der Waals surface area contributed by atoms with Crippen LogP contribution in [0.4, 0.5) is 0 Å². The number of hydrogen-bond donors (Lipinski definition) is 0. The smallest absolute Gasteiger partial charge is 0.253 e. The summed E-state index contributed by atoms with van der Waals surface area (Å²) in [7, 11) is 3.19. The Morgan fingerprint density at radius 3 is 2.37 bits per heavy atom. The molecule has 2 aromatic carbocycles. The van der Waals surface area contributed by atoms with Crippen LogP contribution in [0.3, 0.4) is 0 Å². The summed E-state index contributed by atoms with van der Waals surface area (Å²) >= 11 is 0. The van der Waals surface area contributed by atoms with Crippen LogP contribution < -0.4 is 9.47 Å². The molecule has 4 aromatic rings. The predicted molar refractivity (Wildman–Crippen MR) is 99.5 cm³/mol. The van der Waals surface area contributed by atoms with E-state index in [1.54, 1.807) is 30.9 Å². The lowest BCUT2D eigenvalue weighted by Gasteiger charge is -2.11. The number of fused-ring (bicyclic) bond motifs is 1. The molecule has 4 rings (SSSR count). The molecule has 0 saturated carbocycles. The Morgan fingerprint density at radius 2 is 1.67 bits per heavy atom. The molecule has 0 N–H and O–H groups in total. The van der Waals surface area contributed by atoms with Gasteiger partial charge in [-0.15, -0.1) is 0 Å². The number of ether oxygens (including phenoxy) is 2. The molecule has 2 heterocycles. The number of rotatable bonds is 4. The van der Waals surface area contributed by atoms with Gasteiger partial charge in [0.15, 0.2) is 11.5 Å². The third kappa shape index (κ3) is 2.93. The van der Waals surface area contributed by atoms with Crippen molar-refractivity contribution in [2.45, 2.75) is 0 Å². The first-order chi connectivity index (χ1) is 13.2. The number of nitrogens with zero attached hydrogens (tertiary/aromatic N) is 5. The van der Waals surface area contributed by atoms with Gasteiger partial charge in [-0.25, -0.2) is 4.98 Å². The van der Waals surface area contributed by atoms with Gasteiger partial charge in [0.2, 0.25) is 0 Å². The highest BCUT2D eigenvalue weighted by Gasteiger charge is 2.13. The fourth-order valence-electron chi connectivity index (χ4n) is 2.88. The van der Waals surface area contributed by atoms with Crippen molar-refractivity contribution in [3.8, 4) is 40.1 Å². The first-order valence-electron chi connectivity index (χ1n) is 8.17. The van der Waals surface area contributed by atoms with E-state index in [1.807, 2.05) is 36.4 Å². The van der Waals surface area contributed by atoms with Gasteiger partial charge in [-0.05, 0) is 36.4 Å². The topological polar surface area (TPSA) is 85.3 Å². The summed E-state index contributed by atoms with van der Waals surface area (Å²) in [4.78, 5) is 8.83. The van der Waals surface area contributed by atoms with Crippen molar-refractivity contribution in [3.63, 3.8) is 0 Å². The number of benzene rings is 2. The molecular weight excluding hydrogens is 342 g/mol. The molecule has 0 aliphatic heterocycles. The molecule has 0 aliphatic rings. The van der Waals surface area contributed by atoms with E-state index < -0.39 is 0 Å². The van der Waals surface area contributed by atoms with Gasteiger partial charge < -0.3 is 9.47 Å². The van der Waals surface area contributed by atoms with Crippen LogP contribution in [0.25, 0.3) is 28.3 Å². The lowest BCUT2D eigenvalue weighted by Crippen LogP contribution is -1.99. The van der Waals surface area contributed by atoms with Crippen molar-refractivity contribution in [2.75, 3.05) is 14.2 Å². The third-order valence-corrected chi connectivity index (χ3v) is 4.24.